The van der Waals surface area contributed by atoms with Gasteiger partial charge in [0.25, 0.3) is 0 Å². The van der Waals surface area contributed by atoms with E-state index in [9.17, 15) is 4.79 Å². The van der Waals surface area contributed by atoms with Crippen LogP contribution in [-0.2, 0) is 0 Å². The summed E-state index contributed by atoms with van der Waals surface area (Å²) >= 11 is 0. The Kier molecular flexibility index (Phi) is 3.06. The number of hydrogen-bond acceptors (Lipinski definition) is 4. The first-order chi connectivity index (χ1) is 9.63. The SMILES string of the molecule is Cc1ccc(OC(=O)c2ccc3c(c2)OCO3)c(C)c1. The maximum atomic E-state index is 12.1. The number of rotatable bonds is 2. The number of hydrogen-bond donors (Lipinski definition) is 0. The fourth-order valence-corrected chi connectivity index (χ4v) is 2.10. The standard InChI is InChI=1S/C16H14O4/c1-10-3-5-13(11(2)7-10)20-16(17)12-4-6-14-15(8-12)19-9-18-14/h3-8H,9H2,1-2H3. The molecule has 0 N–H and O–H groups in total. The Morgan fingerprint density at radius 1 is 1.05 bits per heavy atom. The van der Waals surface area contributed by atoms with Crippen LogP contribution >= 0.6 is 0 Å². The van der Waals surface area contributed by atoms with E-state index in [1.807, 2.05) is 26.0 Å². The van der Waals surface area contributed by atoms with Gasteiger partial charge in [-0.3, -0.25) is 0 Å². The molecule has 0 aromatic heterocycles. The monoisotopic (exact) mass is 270 g/mol. The van der Waals surface area contributed by atoms with Crippen LogP contribution in [0.2, 0.25) is 0 Å². The summed E-state index contributed by atoms with van der Waals surface area (Å²) in [5.41, 5.74) is 2.50. The Morgan fingerprint density at radius 3 is 2.65 bits per heavy atom. The molecule has 0 aliphatic carbocycles. The first-order valence-corrected chi connectivity index (χ1v) is 6.32. The van der Waals surface area contributed by atoms with Crippen LogP contribution in [0.1, 0.15) is 21.5 Å². The molecule has 20 heavy (non-hydrogen) atoms. The zero-order valence-electron chi connectivity index (χ0n) is 11.3. The summed E-state index contributed by atoms with van der Waals surface area (Å²) in [6.45, 7) is 4.09. The third-order valence-corrected chi connectivity index (χ3v) is 3.14. The van der Waals surface area contributed by atoms with Crippen molar-refractivity contribution in [3.05, 3.63) is 53.1 Å². The number of carbonyl (C=O) groups excluding carboxylic acids is 1. The highest BCUT2D eigenvalue weighted by Crippen LogP contribution is 2.33. The number of aryl methyl sites for hydroxylation is 2. The van der Waals surface area contributed by atoms with Crippen molar-refractivity contribution < 1.29 is 19.0 Å². The Morgan fingerprint density at radius 2 is 1.85 bits per heavy atom. The van der Waals surface area contributed by atoms with Gasteiger partial charge in [0.1, 0.15) is 5.75 Å². The Hall–Kier alpha value is -2.49. The molecule has 0 amide bonds. The molecule has 0 spiro atoms. The lowest BCUT2D eigenvalue weighted by atomic mass is 10.1. The van der Waals surface area contributed by atoms with Gasteiger partial charge in [-0.1, -0.05) is 17.7 Å². The van der Waals surface area contributed by atoms with Crippen LogP contribution in [0.5, 0.6) is 17.2 Å². The van der Waals surface area contributed by atoms with E-state index in [1.165, 1.54) is 0 Å². The third kappa shape index (κ3) is 2.32. The van der Waals surface area contributed by atoms with Gasteiger partial charge in [-0.2, -0.15) is 0 Å². The van der Waals surface area contributed by atoms with E-state index < -0.39 is 5.97 Å². The summed E-state index contributed by atoms with van der Waals surface area (Å²) in [5.74, 6) is 1.38. The van der Waals surface area contributed by atoms with E-state index in [1.54, 1.807) is 24.3 Å². The fourth-order valence-electron chi connectivity index (χ4n) is 2.10. The molecule has 4 nitrogen and oxygen atoms in total. The van der Waals surface area contributed by atoms with Gasteiger partial charge in [-0.25, -0.2) is 4.79 Å². The van der Waals surface area contributed by atoms with Crippen molar-refractivity contribution >= 4 is 5.97 Å². The van der Waals surface area contributed by atoms with Gasteiger partial charge in [0.15, 0.2) is 11.5 Å². The maximum Gasteiger partial charge on any atom is 0.343 e. The van der Waals surface area contributed by atoms with Crippen LogP contribution < -0.4 is 14.2 Å². The largest absolute Gasteiger partial charge is 0.454 e. The molecule has 0 bridgehead atoms. The second-order valence-corrected chi connectivity index (χ2v) is 4.73. The molecule has 4 heteroatoms. The molecule has 1 aliphatic rings. The highest BCUT2D eigenvalue weighted by Gasteiger charge is 2.17. The Labute approximate surface area is 116 Å². The second-order valence-electron chi connectivity index (χ2n) is 4.73. The first kappa shape index (κ1) is 12.5. The van der Waals surface area contributed by atoms with E-state index in [0.29, 0.717) is 22.8 Å². The minimum absolute atomic E-state index is 0.185. The third-order valence-electron chi connectivity index (χ3n) is 3.14. The van der Waals surface area contributed by atoms with Gasteiger partial charge in [-0.15, -0.1) is 0 Å². The van der Waals surface area contributed by atoms with Crippen molar-refractivity contribution in [2.24, 2.45) is 0 Å². The molecule has 0 radical (unpaired) electrons. The molecule has 2 aromatic carbocycles. The van der Waals surface area contributed by atoms with Gasteiger partial charge in [0.2, 0.25) is 6.79 Å². The molecule has 0 fully saturated rings. The van der Waals surface area contributed by atoms with Crippen molar-refractivity contribution in [2.75, 3.05) is 6.79 Å². The number of fused-ring (bicyclic) bond motifs is 1. The average molecular weight is 270 g/mol. The molecule has 2 aromatic rings. The van der Waals surface area contributed by atoms with Crippen LogP contribution in [0.25, 0.3) is 0 Å². The molecule has 0 unspecified atom stereocenters. The van der Waals surface area contributed by atoms with Gasteiger partial charge in [0.05, 0.1) is 5.56 Å². The number of carbonyl (C=O) groups is 1. The first-order valence-electron chi connectivity index (χ1n) is 6.32. The molecule has 0 atom stereocenters. The molecule has 102 valence electrons. The van der Waals surface area contributed by atoms with Crippen molar-refractivity contribution in [3.63, 3.8) is 0 Å². The molecule has 1 aliphatic heterocycles. The van der Waals surface area contributed by atoms with E-state index in [4.69, 9.17) is 14.2 Å². The zero-order chi connectivity index (χ0) is 14.1. The van der Waals surface area contributed by atoms with Crippen LogP contribution in [-0.4, -0.2) is 12.8 Å². The quantitative estimate of drug-likeness (QED) is 0.620. The number of benzene rings is 2. The topological polar surface area (TPSA) is 44.8 Å². The van der Waals surface area contributed by atoms with Crippen molar-refractivity contribution in [3.8, 4) is 17.2 Å². The van der Waals surface area contributed by atoms with Gasteiger partial charge < -0.3 is 14.2 Å². The highest BCUT2D eigenvalue weighted by atomic mass is 16.7. The number of ether oxygens (including phenoxy) is 3. The maximum absolute atomic E-state index is 12.1. The van der Waals surface area contributed by atoms with E-state index in [0.717, 1.165) is 11.1 Å². The number of esters is 1. The van der Waals surface area contributed by atoms with Crippen molar-refractivity contribution in [1.29, 1.82) is 0 Å². The van der Waals surface area contributed by atoms with Gasteiger partial charge in [-0.05, 0) is 43.7 Å². The summed E-state index contributed by atoms with van der Waals surface area (Å²) < 4.78 is 15.9. The van der Waals surface area contributed by atoms with E-state index >= 15 is 0 Å². The molecule has 0 saturated heterocycles. The molecule has 0 saturated carbocycles. The van der Waals surface area contributed by atoms with Crippen LogP contribution in [0.3, 0.4) is 0 Å². The highest BCUT2D eigenvalue weighted by molar-refractivity contribution is 5.92. The fraction of sp³-hybridized carbons (Fsp3) is 0.188. The lowest BCUT2D eigenvalue weighted by molar-refractivity contribution is 0.0733. The van der Waals surface area contributed by atoms with E-state index in [2.05, 4.69) is 0 Å². The lowest BCUT2D eigenvalue weighted by Crippen LogP contribution is -2.09. The molecular weight excluding hydrogens is 256 g/mol. The summed E-state index contributed by atoms with van der Waals surface area (Å²) in [6, 6.07) is 10.7. The molecular formula is C16H14O4. The zero-order valence-corrected chi connectivity index (χ0v) is 11.3. The van der Waals surface area contributed by atoms with Crippen molar-refractivity contribution in [2.45, 2.75) is 13.8 Å². The smallest absolute Gasteiger partial charge is 0.343 e. The Bertz CT molecular complexity index is 676. The summed E-state index contributed by atoms with van der Waals surface area (Å²) in [5, 5.41) is 0. The normalized spacial score (nSPS) is 12.3. The second kappa shape index (κ2) is 4.89. The van der Waals surface area contributed by atoms with E-state index in [-0.39, 0.29) is 6.79 Å². The average Bonchev–Trinajstić information content (AvgIpc) is 2.89. The molecule has 1 heterocycles. The summed E-state index contributed by atoms with van der Waals surface area (Å²) in [4.78, 5) is 12.1. The van der Waals surface area contributed by atoms with Crippen molar-refractivity contribution in [1.82, 2.24) is 0 Å². The minimum atomic E-state index is -0.407. The predicted octanol–water partition coefficient (Wildman–Crippen LogP) is 3.25. The lowest BCUT2D eigenvalue weighted by Gasteiger charge is -2.08. The minimum Gasteiger partial charge on any atom is -0.454 e. The van der Waals surface area contributed by atoms with Gasteiger partial charge in [0, 0.05) is 0 Å². The summed E-state index contributed by atoms with van der Waals surface area (Å²) in [7, 11) is 0. The summed E-state index contributed by atoms with van der Waals surface area (Å²) in [6.07, 6.45) is 0. The predicted molar refractivity (Wildman–Crippen MR) is 73.4 cm³/mol. The Balaban J connectivity index is 1.82. The van der Waals surface area contributed by atoms with Gasteiger partial charge >= 0.3 is 5.97 Å². The van der Waals surface area contributed by atoms with Crippen LogP contribution in [0, 0.1) is 13.8 Å². The van der Waals surface area contributed by atoms with Crippen LogP contribution in [0.4, 0.5) is 0 Å². The molecule has 3 rings (SSSR count). The van der Waals surface area contributed by atoms with Crippen LogP contribution in [0.15, 0.2) is 36.4 Å².